The average molecular weight is 399 g/mol. The van der Waals surface area contributed by atoms with Crippen LogP contribution < -0.4 is 10.2 Å². The Morgan fingerprint density at radius 2 is 2.04 bits per heavy atom. The molecule has 6 nitrogen and oxygen atoms in total. The number of rotatable bonds is 5. The van der Waals surface area contributed by atoms with Gasteiger partial charge in [-0.1, -0.05) is 0 Å². The first-order chi connectivity index (χ1) is 13.6. The van der Waals surface area contributed by atoms with E-state index >= 15 is 0 Å². The van der Waals surface area contributed by atoms with Gasteiger partial charge in [0.05, 0.1) is 17.5 Å². The third-order valence-electron chi connectivity index (χ3n) is 5.04. The molecule has 0 atom stereocenters. The van der Waals surface area contributed by atoms with E-state index in [0.29, 0.717) is 18.0 Å². The lowest BCUT2D eigenvalue weighted by molar-refractivity contribution is 0.0945. The zero-order valence-corrected chi connectivity index (χ0v) is 16.5. The molecule has 28 heavy (non-hydrogen) atoms. The van der Waals surface area contributed by atoms with Gasteiger partial charge in [0.1, 0.15) is 5.82 Å². The highest BCUT2D eigenvalue weighted by molar-refractivity contribution is 7.14. The zero-order valence-electron chi connectivity index (χ0n) is 15.6. The summed E-state index contributed by atoms with van der Waals surface area (Å²) >= 11 is 1.62. The highest BCUT2D eigenvalue weighted by atomic mass is 32.1. The van der Waals surface area contributed by atoms with E-state index in [1.54, 1.807) is 47.6 Å². The summed E-state index contributed by atoms with van der Waals surface area (Å²) in [6, 6.07) is 6.43. The van der Waals surface area contributed by atoms with Crippen molar-refractivity contribution >= 4 is 22.4 Å². The molecule has 0 bridgehead atoms. The smallest absolute Gasteiger partial charge is 0.254 e. The number of hydrogen-bond acceptors (Lipinski definition) is 5. The van der Waals surface area contributed by atoms with Crippen LogP contribution in [0.15, 0.2) is 42.0 Å². The first-order valence-corrected chi connectivity index (χ1v) is 10.2. The van der Waals surface area contributed by atoms with Gasteiger partial charge in [0.2, 0.25) is 0 Å². The van der Waals surface area contributed by atoms with Crippen LogP contribution in [0, 0.1) is 11.7 Å². The van der Waals surface area contributed by atoms with E-state index in [2.05, 4.69) is 15.3 Å². The summed E-state index contributed by atoms with van der Waals surface area (Å²) in [5.74, 6) is 0.157. The third-order valence-corrected chi connectivity index (χ3v) is 5.94. The number of hydrogen-bond donors (Lipinski definition) is 1. The van der Waals surface area contributed by atoms with Gasteiger partial charge < -0.3 is 10.2 Å². The van der Waals surface area contributed by atoms with Gasteiger partial charge in [0.15, 0.2) is 5.13 Å². The maximum atomic E-state index is 13.1. The number of piperidine rings is 1. The van der Waals surface area contributed by atoms with Crippen LogP contribution in [0.3, 0.4) is 0 Å². The first kappa shape index (κ1) is 18.6. The fraction of sp³-hybridized carbons (Fsp3) is 0.350. The summed E-state index contributed by atoms with van der Waals surface area (Å²) in [7, 11) is 1.80. The highest BCUT2D eigenvalue weighted by Crippen LogP contribution is 2.30. The lowest BCUT2D eigenvalue weighted by atomic mass is 9.97. The lowest BCUT2D eigenvalue weighted by Gasteiger charge is -2.31. The van der Waals surface area contributed by atoms with Gasteiger partial charge in [-0.05, 0) is 43.0 Å². The summed E-state index contributed by atoms with van der Waals surface area (Å²) in [5.41, 5.74) is 2.40. The average Bonchev–Trinajstić information content (AvgIpc) is 3.37. The number of amides is 1. The number of benzene rings is 1. The molecule has 0 unspecified atom stereocenters. The Morgan fingerprint density at radius 1 is 1.29 bits per heavy atom. The van der Waals surface area contributed by atoms with Crippen molar-refractivity contribution in [3.8, 4) is 11.3 Å². The third kappa shape index (κ3) is 4.22. The van der Waals surface area contributed by atoms with Gasteiger partial charge in [-0.15, -0.1) is 11.3 Å². The van der Waals surface area contributed by atoms with Crippen molar-refractivity contribution in [3.05, 3.63) is 53.4 Å². The molecule has 0 spiro atoms. The molecule has 3 heterocycles. The SMILES string of the molecule is Cn1cc(C(=O)NCC2CCN(c3nc(-c4ccc(F)cc4)cs3)CC2)cn1. The molecule has 0 aliphatic carbocycles. The summed E-state index contributed by atoms with van der Waals surface area (Å²) in [4.78, 5) is 19.1. The molecule has 1 amide bonds. The minimum atomic E-state index is -0.239. The van der Waals surface area contributed by atoms with Crippen LogP contribution in [0.1, 0.15) is 23.2 Å². The quantitative estimate of drug-likeness (QED) is 0.715. The topological polar surface area (TPSA) is 63.1 Å². The molecular weight excluding hydrogens is 377 g/mol. The minimum Gasteiger partial charge on any atom is -0.352 e. The van der Waals surface area contributed by atoms with Crippen molar-refractivity contribution in [2.24, 2.45) is 13.0 Å². The van der Waals surface area contributed by atoms with Crippen LogP contribution in [0.5, 0.6) is 0 Å². The molecule has 4 rings (SSSR count). The Bertz CT molecular complexity index is 944. The molecule has 2 aromatic heterocycles. The standard InChI is InChI=1S/C20H22FN5OS/c1-25-12-16(11-23-25)19(27)22-10-14-6-8-26(9-7-14)20-24-18(13-28-20)15-2-4-17(21)5-3-15/h2-5,11-14H,6-10H2,1H3,(H,22,27). The molecule has 1 N–H and O–H groups in total. The van der Waals surface area contributed by atoms with E-state index < -0.39 is 0 Å². The number of carbonyl (C=O) groups is 1. The molecule has 1 fully saturated rings. The number of anilines is 1. The lowest BCUT2D eigenvalue weighted by Crippen LogP contribution is -2.38. The van der Waals surface area contributed by atoms with E-state index in [0.717, 1.165) is 42.3 Å². The number of thiazole rings is 1. The van der Waals surface area contributed by atoms with Crippen molar-refractivity contribution in [1.82, 2.24) is 20.1 Å². The fourth-order valence-corrected chi connectivity index (χ4v) is 4.26. The summed E-state index contributed by atoms with van der Waals surface area (Å²) in [5, 5.41) is 10.1. The summed E-state index contributed by atoms with van der Waals surface area (Å²) < 4.78 is 14.7. The molecule has 1 aromatic carbocycles. The molecule has 146 valence electrons. The van der Waals surface area contributed by atoms with Crippen LogP contribution in [-0.4, -0.2) is 40.3 Å². The van der Waals surface area contributed by atoms with E-state index in [9.17, 15) is 9.18 Å². The number of aryl methyl sites for hydroxylation is 1. The molecule has 1 saturated heterocycles. The molecule has 0 radical (unpaired) electrons. The summed E-state index contributed by atoms with van der Waals surface area (Å²) in [6.45, 7) is 2.52. The van der Waals surface area contributed by atoms with Gasteiger partial charge in [-0.3, -0.25) is 9.48 Å². The predicted octanol–water partition coefficient (Wildman–Crippen LogP) is 3.33. The Labute approximate surface area is 167 Å². The maximum Gasteiger partial charge on any atom is 0.254 e. The monoisotopic (exact) mass is 399 g/mol. The van der Waals surface area contributed by atoms with E-state index in [1.165, 1.54) is 12.1 Å². The van der Waals surface area contributed by atoms with Gasteiger partial charge in [-0.25, -0.2) is 9.37 Å². The normalized spacial score (nSPS) is 15.0. The second-order valence-corrected chi connectivity index (χ2v) is 7.90. The van der Waals surface area contributed by atoms with Crippen molar-refractivity contribution in [1.29, 1.82) is 0 Å². The molecule has 0 saturated carbocycles. The Kier molecular flexibility index (Phi) is 5.38. The Hall–Kier alpha value is -2.74. The fourth-order valence-electron chi connectivity index (χ4n) is 3.37. The van der Waals surface area contributed by atoms with Crippen molar-refractivity contribution in [2.75, 3.05) is 24.5 Å². The largest absolute Gasteiger partial charge is 0.352 e. The Balaban J connectivity index is 1.28. The molecule has 1 aliphatic heterocycles. The maximum absolute atomic E-state index is 13.1. The summed E-state index contributed by atoms with van der Waals surface area (Å²) in [6.07, 6.45) is 5.33. The van der Waals surface area contributed by atoms with E-state index in [1.807, 2.05) is 5.38 Å². The highest BCUT2D eigenvalue weighted by Gasteiger charge is 2.22. The van der Waals surface area contributed by atoms with Crippen LogP contribution >= 0.6 is 11.3 Å². The number of halogens is 1. The Morgan fingerprint density at radius 3 is 2.71 bits per heavy atom. The van der Waals surface area contributed by atoms with Gasteiger partial charge in [-0.2, -0.15) is 5.10 Å². The number of aromatic nitrogens is 3. The second kappa shape index (κ2) is 8.10. The molecule has 8 heteroatoms. The van der Waals surface area contributed by atoms with E-state index in [4.69, 9.17) is 4.98 Å². The molecule has 1 aliphatic rings. The zero-order chi connectivity index (χ0) is 19.5. The van der Waals surface area contributed by atoms with Crippen LogP contribution in [0.2, 0.25) is 0 Å². The van der Waals surface area contributed by atoms with Crippen LogP contribution in [0.25, 0.3) is 11.3 Å². The van der Waals surface area contributed by atoms with Gasteiger partial charge in [0.25, 0.3) is 5.91 Å². The predicted molar refractivity (Wildman–Crippen MR) is 108 cm³/mol. The number of carbonyl (C=O) groups excluding carboxylic acids is 1. The molecular formula is C20H22FN5OS. The first-order valence-electron chi connectivity index (χ1n) is 9.32. The van der Waals surface area contributed by atoms with Crippen molar-refractivity contribution in [3.63, 3.8) is 0 Å². The van der Waals surface area contributed by atoms with E-state index in [-0.39, 0.29) is 11.7 Å². The number of nitrogens with zero attached hydrogens (tertiary/aromatic N) is 4. The van der Waals surface area contributed by atoms with Gasteiger partial charge in [0, 0.05) is 43.8 Å². The second-order valence-electron chi connectivity index (χ2n) is 7.07. The van der Waals surface area contributed by atoms with Crippen LogP contribution in [-0.2, 0) is 7.05 Å². The van der Waals surface area contributed by atoms with Crippen molar-refractivity contribution in [2.45, 2.75) is 12.8 Å². The molecule has 3 aromatic rings. The van der Waals surface area contributed by atoms with Gasteiger partial charge >= 0.3 is 0 Å². The minimum absolute atomic E-state index is 0.0700. The number of nitrogens with one attached hydrogen (secondary N) is 1. The van der Waals surface area contributed by atoms with Crippen LogP contribution in [0.4, 0.5) is 9.52 Å². The van der Waals surface area contributed by atoms with Crippen molar-refractivity contribution < 1.29 is 9.18 Å².